The summed E-state index contributed by atoms with van der Waals surface area (Å²) in [6.45, 7) is 5.87. The highest BCUT2D eigenvalue weighted by atomic mass is 16.6. The molecule has 2 unspecified atom stereocenters. The predicted molar refractivity (Wildman–Crippen MR) is 57.4 cm³/mol. The molecule has 4 heteroatoms. The zero-order valence-electron chi connectivity index (χ0n) is 9.73. The molecule has 1 rings (SSSR count). The van der Waals surface area contributed by atoms with E-state index in [-0.39, 0.29) is 24.3 Å². The lowest BCUT2D eigenvalue weighted by atomic mass is 10.0. The van der Waals surface area contributed by atoms with Crippen LogP contribution in [0.25, 0.3) is 0 Å². The van der Waals surface area contributed by atoms with Gasteiger partial charge in [0.2, 0.25) is 0 Å². The second kappa shape index (κ2) is 5.47. The van der Waals surface area contributed by atoms with Crippen LogP contribution in [0, 0.1) is 0 Å². The van der Waals surface area contributed by atoms with Gasteiger partial charge in [-0.25, -0.2) is 0 Å². The van der Waals surface area contributed by atoms with Crippen LogP contribution in [0.2, 0.25) is 0 Å². The van der Waals surface area contributed by atoms with Crippen LogP contribution in [0.5, 0.6) is 0 Å². The summed E-state index contributed by atoms with van der Waals surface area (Å²) in [5.74, 6) is -0.288. The van der Waals surface area contributed by atoms with Gasteiger partial charge < -0.3 is 15.2 Å². The predicted octanol–water partition coefficient (Wildman–Crippen LogP) is 1.22. The Kier molecular flexibility index (Phi) is 4.54. The monoisotopic (exact) mass is 215 g/mol. The summed E-state index contributed by atoms with van der Waals surface area (Å²) in [7, 11) is 0. The largest absolute Gasteiger partial charge is 0.461 e. The first kappa shape index (κ1) is 12.5. The fourth-order valence-corrected chi connectivity index (χ4v) is 1.86. The molecule has 0 bridgehead atoms. The van der Waals surface area contributed by atoms with Crippen LogP contribution in [0.4, 0.5) is 0 Å². The molecule has 0 radical (unpaired) electrons. The fourth-order valence-electron chi connectivity index (χ4n) is 1.86. The van der Waals surface area contributed by atoms with Crippen molar-refractivity contribution in [3.8, 4) is 0 Å². The smallest absolute Gasteiger partial charge is 0.323 e. The first-order valence-electron chi connectivity index (χ1n) is 5.64. The van der Waals surface area contributed by atoms with Gasteiger partial charge in [0, 0.05) is 12.8 Å². The molecule has 0 amide bonds. The number of ether oxygens (including phenoxy) is 2. The van der Waals surface area contributed by atoms with Gasteiger partial charge in [-0.1, -0.05) is 6.92 Å². The Morgan fingerprint density at radius 1 is 1.47 bits per heavy atom. The van der Waals surface area contributed by atoms with Crippen molar-refractivity contribution in [2.24, 2.45) is 5.73 Å². The van der Waals surface area contributed by atoms with Gasteiger partial charge in [-0.2, -0.15) is 0 Å². The Labute approximate surface area is 91.1 Å². The normalized spacial score (nSPS) is 33.5. The molecule has 0 aromatic heterocycles. The van der Waals surface area contributed by atoms with Gasteiger partial charge in [0.25, 0.3) is 0 Å². The molecular formula is C11H21NO3. The molecule has 2 N–H and O–H groups in total. The van der Waals surface area contributed by atoms with Crippen molar-refractivity contribution in [3.63, 3.8) is 0 Å². The third-order valence-corrected chi connectivity index (χ3v) is 2.68. The van der Waals surface area contributed by atoms with Crippen LogP contribution in [-0.4, -0.2) is 30.3 Å². The van der Waals surface area contributed by atoms with Crippen molar-refractivity contribution in [1.82, 2.24) is 0 Å². The average Bonchev–Trinajstić information content (AvgIpc) is 2.14. The van der Waals surface area contributed by atoms with E-state index in [1.807, 2.05) is 20.8 Å². The molecule has 0 aromatic rings. The van der Waals surface area contributed by atoms with Gasteiger partial charge in [0.15, 0.2) is 0 Å². The highest BCUT2D eigenvalue weighted by Gasteiger charge is 2.28. The number of carbonyl (C=O) groups excluding carboxylic acids is 1. The van der Waals surface area contributed by atoms with Gasteiger partial charge in [-0.3, -0.25) is 4.79 Å². The molecule has 0 saturated carbocycles. The van der Waals surface area contributed by atoms with Crippen molar-refractivity contribution in [2.75, 3.05) is 0 Å². The van der Waals surface area contributed by atoms with E-state index in [9.17, 15) is 4.79 Å². The lowest BCUT2D eigenvalue weighted by Crippen LogP contribution is -2.39. The molecule has 1 heterocycles. The zero-order chi connectivity index (χ0) is 11.4. The molecule has 1 fully saturated rings. The third kappa shape index (κ3) is 3.80. The van der Waals surface area contributed by atoms with Crippen molar-refractivity contribution in [2.45, 2.75) is 64.4 Å². The minimum Gasteiger partial charge on any atom is -0.461 e. The van der Waals surface area contributed by atoms with E-state index >= 15 is 0 Å². The van der Waals surface area contributed by atoms with Crippen molar-refractivity contribution < 1.29 is 14.3 Å². The molecule has 0 spiro atoms. The van der Waals surface area contributed by atoms with Gasteiger partial charge in [-0.05, 0) is 20.3 Å². The van der Waals surface area contributed by atoms with E-state index in [2.05, 4.69) is 0 Å². The molecule has 15 heavy (non-hydrogen) atoms. The van der Waals surface area contributed by atoms with Crippen LogP contribution in [0.15, 0.2) is 0 Å². The SMILES string of the molecule is CC[C@@H](N)C(=O)OC1CC(C)OC(C)C1. The summed E-state index contributed by atoms with van der Waals surface area (Å²) in [6.07, 6.45) is 2.44. The number of esters is 1. The lowest BCUT2D eigenvalue weighted by molar-refractivity contribution is -0.161. The maximum absolute atomic E-state index is 11.5. The van der Waals surface area contributed by atoms with Gasteiger partial charge in [0.1, 0.15) is 12.1 Å². The Bertz CT molecular complexity index is 210. The standard InChI is InChI=1S/C11H21NO3/c1-4-10(12)11(13)15-9-5-7(2)14-8(3)6-9/h7-10H,4-6,12H2,1-3H3/t7?,8?,9?,10-/m1/s1. The Hall–Kier alpha value is -0.610. The van der Waals surface area contributed by atoms with Crippen LogP contribution in [0.1, 0.15) is 40.0 Å². The molecule has 3 atom stereocenters. The highest BCUT2D eigenvalue weighted by molar-refractivity contribution is 5.75. The van der Waals surface area contributed by atoms with E-state index in [1.54, 1.807) is 0 Å². The van der Waals surface area contributed by atoms with Gasteiger partial charge >= 0.3 is 5.97 Å². The summed E-state index contributed by atoms with van der Waals surface area (Å²) >= 11 is 0. The van der Waals surface area contributed by atoms with E-state index < -0.39 is 6.04 Å². The fraction of sp³-hybridized carbons (Fsp3) is 0.909. The second-order valence-electron chi connectivity index (χ2n) is 4.30. The first-order chi connectivity index (χ1) is 7.02. The molecule has 1 saturated heterocycles. The maximum Gasteiger partial charge on any atom is 0.323 e. The Morgan fingerprint density at radius 3 is 2.47 bits per heavy atom. The number of carbonyl (C=O) groups is 1. The lowest BCUT2D eigenvalue weighted by Gasteiger charge is -2.32. The highest BCUT2D eigenvalue weighted by Crippen LogP contribution is 2.21. The number of hydrogen-bond acceptors (Lipinski definition) is 4. The number of rotatable bonds is 3. The molecule has 88 valence electrons. The summed E-state index contributed by atoms with van der Waals surface area (Å²) in [5.41, 5.74) is 5.60. The second-order valence-corrected chi connectivity index (χ2v) is 4.30. The topological polar surface area (TPSA) is 61.6 Å². The summed E-state index contributed by atoms with van der Waals surface area (Å²) in [6, 6.07) is -0.488. The van der Waals surface area contributed by atoms with E-state index in [0.29, 0.717) is 6.42 Å². The van der Waals surface area contributed by atoms with Gasteiger partial charge in [-0.15, -0.1) is 0 Å². The average molecular weight is 215 g/mol. The minimum atomic E-state index is -0.488. The number of hydrogen-bond donors (Lipinski definition) is 1. The molecule has 0 aromatic carbocycles. The molecule has 1 aliphatic heterocycles. The molecule has 0 aliphatic carbocycles. The van der Waals surface area contributed by atoms with Crippen molar-refractivity contribution >= 4 is 5.97 Å². The zero-order valence-corrected chi connectivity index (χ0v) is 9.73. The van der Waals surface area contributed by atoms with Crippen LogP contribution in [0.3, 0.4) is 0 Å². The van der Waals surface area contributed by atoms with Gasteiger partial charge in [0.05, 0.1) is 12.2 Å². The quantitative estimate of drug-likeness (QED) is 0.719. The van der Waals surface area contributed by atoms with E-state index in [4.69, 9.17) is 15.2 Å². The summed E-state index contributed by atoms with van der Waals surface area (Å²) < 4.78 is 10.9. The summed E-state index contributed by atoms with van der Waals surface area (Å²) in [5, 5.41) is 0. The molecular weight excluding hydrogens is 194 g/mol. The van der Waals surface area contributed by atoms with E-state index in [0.717, 1.165) is 12.8 Å². The van der Waals surface area contributed by atoms with Crippen LogP contribution >= 0.6 is 0 Å². The van der Waals surface area contributed by atoms with Crippen LogP contribution in [-0.2, 0) is 14.3 Å². The molecule has 1 aliphatic rings. The maximum atomic E-state index is 11.5. The Balaban J connectivity index is 2.40. The third-order valence-electron chi connectivity index (χ3n) is 2.68. The first-order valence-corrected chi connectivity index (χ1v) is 5.64. The molecule has 4 nitrogen and oxygen atoms in total. The Morgan fingerprint density at radius 2 is 2.00 bits per heavy atom. The van der Waals surface area contributed by atoms with E-state index in [1.165, 1.54) is 0 Å². The van der Waals surface area contributed by atoms with Crippen molar-refractivity contribution in [1.29, 1.82) is 0 Å². The summed E-state index contributed by atoms with van der Waals surface area (Å²) in [4.78, 5) is 11.5. The minimum absolute atomic E-state index is 0.0335. The van der Waals surface area contributed by atoms with Crippen molar-refractivity contribution in [3.05, 3.63) is 0 Å². The number of nitrogens with two attached hydrogens (primary N) is 1. The van der Waals surface area contributed by atoms with Crippen LogP contribution < -0.4 is 5.73 Å².